The van der Waals surface area contributed by atoms with Gasteiger partial charge in [0, 0.05) is 32.5 Å². The second-order valence-corrected chi connectivity index (χ2v) is 7.99. The third-order valence-corrected chi connectivity index (χ3v) is 5.40. The van der Waals surface area contributed by atoms with E-state index in [-0.39, 0.29) is 36.2 Å². The summed E-state index contributed by atoms with van der Waals surface area (Å²) in [5.41, 5.74) is 0.856. The Kier molecular flexibility index (Phi) is 10.1. The molecule has 0 spiro atoms. The van der Waals surface area contributed by atoms with Crippen LogP contribution in [0.3, 0.4) is 0 Å². The van der Waals surface area contributed by atoms with Gasteiger partial charge >= 0.3 is 0 Å². The van der Waals surface area contributed by atoms with Gasteiger partial charge < -0.3 is 25.2 Å². The number of nitriles is 1. The summed E-state index contributed by atoms with van der Waals surface area (Å²) in [7, 11) is -2.04. The Morgan fingerprint density at radius 1 is 1.16 bits per heavy atom. The van der Waals surface area contributed by atoms with Crippen LogP contribution < -0.4 is 15.4 Å². The molecule has 1 heterocycles. The molecule has 4 N–H and O–H groups in total. The van der Waals surface area contributed by atoms with Gasteiger partial charge in [-0.3, -0.25) is 0 Å². The number of anilines is 3. The molecular weight excluding hydrogens is 424 g/mol. The molecule has 0 fully saturated rings. The predicted octanol–water partition coefficient (Wildman–Crippen LogP) is 0.827. The predicted molar refractivity (Wildman–Crippen MR) is 115 cm³/mol. The molecule has 0 saturated heterocycles. The number of nitrogens with one attached hydrogen (secondary N) is 3. The van der Waals surface area contributed by atoms with Crippen molar-refractivity contribution in [3.8, 4) is 6.07 Å². The van der Waals surface area contributed by atoms with Crippen molar-refractivity contribution in [1.82, 2.24) is 14.7 Å². The van der Waals surface area contributed by atoms with Crippen molar-refractivity contribution >= 4 is 27.5 Å². The Balaban J connectivity index is 2.00. The van der Waals surface area contributed by atoms with E-state index in [2.05, 4.69) is 25.3 Å². The molecule has 2 rings (SSSR count). The highest BCUT2D eigenvalue weighted by Gasteiger charge is 2.13. The number of sulfonamides is 1. The van der Waals surface area contributed by atoms with Gasteiger partial charge in [-0.15, -0.1) is 0 Å². The van der Waals surface area contributed by atoms with Crippen molar-refractivity contribution in [3.63, 3.8) is 0 Å². The minimum Gasteiger partial charge on any atom is -0.394 e. The van der Waals surface area contributed by atoms with Gasteiger partial charge in [-0.2, -0.15) is 10.2 Å². The molecule has 0 amide bonds. The molecule has 0 radical (unpaired) electrons. The Morgan fingerprint density at radius 2 is 1.94 bits per heavy atom. The Morgan fingerprint density at radius 3 is 2.61 bits per heavy atom. The van der Waals surface area contributed by atoms with Gasteiger partial charge in [0.05, 0.1) is 30.9 Å². The third-order valence-electron chi connectivity index (χ3n) is 3.92. The van der Waals surface area contributed by atoms with E-state index in [1.165, 1.54) is 18.3 Å². The number of methoxy groups -OCH3 is 1. The monoisotopic (exact) mass is 450 g/mol. The number of aliphatic hydroxyl groups is 1. The summed E-state index contributed by atoms with van der Waals surface area (Å²) in [6, 6.07) is 8.16. The molecule has 0 aliphatic rings. The first-order chi connectivity index (χ1) is 15.0. The smallest absolute Gasteiger partial charge is 0.240 e. The fourth-order valence-electron chi connectivity index (χ4n) is 2.42. The van der Waals surface area contributed by atoms with Crippen molar-refractivity contribution in [2.24, 2.45) is 0 Å². The molecular formula is C19H26N6O5S. The van der Waals surface area contributed by atoms with Crippen LogP contribution in [0.5, 0.6) is 0 Å². The second-order valence-electron chi connectivity index (χ2n) is 6.22. The maximum absolute atomic E-state index is 12.3. The zero-order chi connectivity index (χ0) is 22.5. The first-order valence-electron chi connectivity index (χ1n) is 9.55. The number of aliphatic hydroxyl groups excluding tert-OH is 1. The normalized spacial score (nSPS) is 11.1. The van der Waals surface area contributed by atoms with Gasteiger partial charge in [-0.1, -0.05) is 0 Å². The van der Waals surface area contributed by atoms with Crippen molar-refractivity contribution in [2.75, 3.05) is 57.3 Å². The lowest BCUT2D eigenvalue weighted by molar-refractivity contribution is 0.0992. The van der Waals surface area contributed by atoms with E-state index in [0.29, 0.717) is 37.7 Å². The summed E-state index contributed by atoms with van der Waals surface area (Å²) in [6.07, 6.45) is 1.96. The van der Waals surface area contributed by atoms with Crippen LogP contribution in [-0.4, -0.2) is 70.1 Å². The average Bonchev–Trinajstić information content (AvgIpc) is 2.77. The summed E-state index contributed by atoms with van der Waals surface area (Å²) < 4.78 is 37.2. The molecule has 12 heteroatoms. The van der Waals surface area contributed by atoms with Crippen molar-refractivity contribution < 1.29 is 23.0 Å². The highest BCUT2D eigenvalue weighted by molar-refractivity contribution is 7.89. The van der Waals surface area contributed by atoms with Crippen molar-refractivity contribution in [1.29, 1.82) is 5.26 Å². The van der Waals surface area contributed by atoms with E-state index >= 15 is 0 Å². The molecule has 2 aromatic rings. The van der Waals surface area contributed by atoms with Gasteiger partial charge in [0.2, 0.25) is 16.0 Å². The minimum absolute atomic E-state index is 0.0605. The number of benzene rings is 1. The van der Waals surface area contributed by atoms with E-state index in [0.717, 1.165) is 0 Å². The number of aromatic nitrogens is 2. The lowest BCUT2D eigenvalue weighted by Crippen LogP contribution is -2.25. The quantitative estimate of drug-likeness (QED) is 0.304. The minimum atomic E-state index is -3.60. The number of hydrogen-bond acceptors (Lipinski definition) is 10. The van der Waals surface area contributed by atoms with Crippen LogP contribution in [0, 0.1) is 11.3 Å². The lowest BCUT2D eigenvalue weighted by Gasteiger charge is -2.11. The maximum Gasteiger partial charge on any atom is 0.240 e. The summed E-state index contributed by atoms with van der Waals surface area (Å²) in [6.45, 7) is 1.67. The average molecular weight is 451 g/mol. The molecule has 168 valence electrons. The second kappa shape index (κ2) is 12.8. The molecule has 0 aliphatic carbocycles. The molecule has 31 heavy (non-hydrogen) atoms. The number of rotatable bonds is 14. The fraction of sp³-hybridized carbons (Fsp3) is 0.421. The molecule has 1 aromatic heterocycles. The van der Waals surface area contributed by atoms with Crippen LogP contribution in [0.4, 0.5) is 17.5 Å². The van der Waals surface area contributed by atoms with Gasteiger partial charge in [0.1, 0.15) is 17.5 Å². The van der Waals surface area contributed by atoms with E-state index in [9.17, 15) is 13.7 Å². The first-order valence-corrected chi connectivity index (χ1v) is 11.0. The fourth-order valence-corrected chi connectivity index (χ4v) is 3.49. The van der Waals surface area contributed by atoms with Gasteiger partial charge in [-0.05, 0) is 30.7 Å². The van der Waals surface area contributed by atoms with Gasteiger partial charge in [-0.25, -0.2) is 18.1 Å². The molecule has 0 aliphatic heterocycles. The molecule has 0 atom stereocenters. The molecule has 1 aromatic carbocycles. The molecule has 0 bridgehead atoms. The third kappa shape index (κ3) is 8.08. The zero-order valence-electron chi connectivity index (χ0n) is 17.2. The van der Waals surface area contributed by atoms with Crippen LogP contribution in [0.15, 0.2) is 35.4 Å². The molecule has 0 unspecified atom stereocenters. The number of ether oxygens (including phenoxy) is 2. The number of nitrogens with zero attached hydrogens (tertiary/aromatic N) is 3. The summed E-state index contributed by atoms with van der Waals surface area (Å²) in [5.74, 6) is 0.582. The summed E-state index contributed by atoms with van der Waals surface area (Å²) in [4.78, 5) is 8.52. The van der Waals surface area contributed by atoms with Gasteiger partial charge in [0.15, 0.2) is 0 Å². The maximum atomic E-state index is 12.3. The Bertz CT molecular complexity index is 963. The van der Waals surface area contributed by atoms with E-state index in [4.69, 9.17) is 14.6 Å². The van der Waals surface area contributed by atoms with Crippen LogP contribution in [0.2, 0.25) is 0 Å². The number of hydrogen-bond donors (Lipinski definition) is 4. The highest BCUT2D eigenvalue weighted by atomic mass is 32.2. The Hall–Kier alpha value is -2.82. The van der Waals surface area contributed by atoms with Crippen molar-refractivity contribution in [3.05, 3.63) is 36.0 Å². The first kappa shape index (κ1) is 24.4. The van der Waals surface area contributed by atoms with Crippen LogP contribution in [0.25, 0.3) is 0 Å². The lowest BCUT2D eigenvalue weighted by atomic mass is 10.3. The molecule has 0 saturated carbocycles. The van der Waals surface area contributed by atoms with Crippen molar-refractivity contribution in [2.45, 2.75) is 11.3 Å². The summed E-state index contributed by atoms with van der Waals surface area (Å²) in [5, 5.41) is 23.9. The van der Waals surface area contributed by atoms with Gasteiger partial charge in [0.25, 0.3) is 0 Å². The van der Waals surface area contributed by atoms with Crippen LogP contribution in [0.1, 0.15) is 12.0 Å². The Labute approximate surface area is 181 Å². The summed E-state index contributed by atoms with van der Waals surface area (Å²) >= 11 is 0. The largest absolute Gasteiger partial charge is 0.394 e. The SMILES string of the molecule is COCCCNS(=O)(=O)c1ccc(Nc2ncc(C#N)c(NCCOCCO)n2)cc1. The van der Waals surface area contributed by atoms with E-state index < -0.39 is 10.0 Å². The van der Waals surface area contributed by atoms with Crippen LogP contribution >= 0.6 is 0 Å². The molecule has 11 nitrogen and oxygen atoms in total. The zero-order valence-corrected chi connectivity index (χ0v) is 18.0. The van der Waals surface area contributed by atoms with E-state index in [1.807, 2.05) is 6.07 Å². The standard InChI is InChI=1S/C19H26N6O5S/c1-29-10-2-7-23-31(27,28)17-5-3-16(4-6-17)24-19-22-14-15(13-20)18(25-19)21-8-11-30-12-9-26/h3-6,14,23,26H,2,7-12H2,1H3,(H2,21,22,24,25). The van der Waals surface area contributed by atoms with Crippen LogP contribution in [-0.2, 0) is 19.5 Å². The van der Waals surface area contributed by atoms with E-state index in [1.54, 1.807) is 19.2 Å². The highest BCUT2D eigenvalue weighted by Crippen LogP contribution is 2.19. The topological polar surface area (TPSA) is 158 Å².